The fraction of sp³-hybridized carbons (Fsp3) is 0.308. The van der Waals surface area contributed by atoms with E-state index in [1.165, 1.54) is 0 Å². The van der Waals surface area contributed by atoms with Gasteiger partial charge in [0.05, 0.1) is 24.8 Å². The van der Waals surface area contributed by atoms with Gasteiger partial charge < -0.3 is 14.5 Å². The van der Waals surface area contributed by atoms with E-state index in [-0.39, 0.29) is 5.78 Å². The van der Waals surface area contributed by atoms with Crippen LogP contribution in [0.4, 0.5) is 0 Å². The van der Waals surface area contributed by atoms with Gasteiger partial charge in [0.15, 0.2) is 5.78 Å². The molecule has 2 aromatic rings. The summed E-state index contributed by atoms with van der Waals surface area (Å²) in [6.07, 6.45) is 1.14. The van der Waals surface area contributed by atoms with Crippen molar-refractivity contribution in [1.29, 1.82) is 0 Å². The van der Waals surface area contributed by atoms with Crippen LogP contribution >= 0.6 is 11.6 Å². The summed E-state index contributed by atoms with van der Waals surface area (Å²) in [6.45, 7) is 1.29. The predicted molar refractivity (Wildman–Crippen MR) is 68.2 cm³/mol. The summed E-state index contributed by atoms with van der Waals surface area (Å²) >= 11 is 6.14. The molecular weight excluding hydrogens is 254 g/mol. The normalized spacial score (nSPS) is 20.2. The molecule has 0 bridgehead atoms. The first-order valence-electron chi connectivity index (χ1n) is 5.76. The summed E-state index contributed by atoms with van der Waals surface area (Å²) in [5.74, 6) is -0.0888. The standard InChI is InChI=1S/C13H12ClNO3/c14-9-2-1-3-10-12(9)8(6-15-10)13(16)11-7-17-4-5-18-11/h1-3,6,11,15H,4-5,7H2. The van der Waals surface area contributed by atoms with Crippen molar-refractivity contribution in [2.75, 3.05) is 19.8 Å². The number of Topliss-reactive ketones (excluding diaryl/α,β-unsaturated/α-hetero) is 1. The van der Waals surface area contributed by atoms with Crippen molar-refractivity contribution in [1.82, 2.24) is 4.98 Å². The summed E-state index contributed by atoms with van der Waals surface area (Å²) in [6, 6.07) is 5.50. The second-order valence-corrected chi connectivity index (χ2v) is 4.57. The molecule has 1 N–H and O–H groups in total. The van der Waals surface area contributed by atoms with Gasteiger partial charge in [-0.2, -0.15) is 0 Å². The molecule has 1 aliphatic heterocycles. The van der Waals surface area contributed by atoms with Crippen molar-refractivity contribution in [2.24, 2.45) is 0 Å². The number of hydrogen-bond acceptors (Lipinski definition) is 3. The quantitative estimate of drug-likeness (QED) is 0.849. The van der Waals surface area contributed by atoms with Gasteiger partial charge >= 0.3 is 0 Å². The van der Waals surface area contributed by atoms with Gasteiger partial charge in [0.1, 0.15) is 6.10 Å². The van der Waals surface area contributed by atoms with Gasteiger partial charge in [0.25, 0.3) is 0 Å². The van der Waals surface area contributed by atoms with Crippen molar-refractivity contribution in [2.45, 2.75) is 6.10 Å². The van der Waals surface area contributed by atoms with Crippen LogP contribution in [0.15, 0.2) is 24.4 Å². The third-order valence-corrected chi connectivity index (χ3v) is 3.34. The predicted octanol–water partition coefficient (Wildman–Crippen LogP) is 2.42. The number of aromatic nitrogens is 1. The van der Waals surface area contributed by atoms with E-state index in [2.05, 4.69) is 4.98 Å². The number of fused-ring (bicyclic) bond motifs is 1. The molecule has 2 heterocycles. The van der Waals surface area contributed by atoms with Crippen molar-refractivity contribution in [3.8, 4) is 0 Å². The molecule has 0 amide bonds. The number of ketones is 1. The molecule has 1 aromatic heterocycles. The molecule has 5 heteroatoms. The number of H-pyrrole nitrogens is 1. The number of nitrogens with one attached hydrogen (secondary N) is 1. The maximum atomic E-state index is 12.3. The van der Waals surface area contributed by atoms with Crippen molar-refractivity contribution in [3.05, 3.63) is 35.0 Å². The van der Waals surface area contributed by atoms with Crippen LogP contribution in [-0.4, -0.2) is 36.7 Å². The fourth-order valence-electron chi connectivity index (χ4n) is 2.15. The second-order valence-electron chi connectivity index (χ2n) is 4.16. The van der Waals surface area contributed by atoms with E-state index in [9.17, 15) is 4.79 Å². The molecule has 1 atom stereocenters. The molecule has 1 unspecified atom stereocenters. The monoisotopic (exact) mass is 265 g/mol. The minimum atomic E-state index is -0.533. The largest absolute Gasteiger partial charge is 0.376 e. The molecule has 1 saturated heterocycles. The lowest BCUT2D eigenvalue weighted by atomic mass is 10.1. The van der Waals surface area contributed by atoms with E-state index in [1.807, 2.05) is 12.1 Å². The first-order chi connectivity index (χ1) is 8.77. The number of ether oxygens (including phenoxy) is 2. The summed E-state index contributed by atoms with van der Waals surface area (Å²) in [7, 11) is 0. The third kappa shape index (κ3) is 1.92. The molecule has 1 aromatic carbocycles. The van der Waals surface area contributed by atoms with E-state index in [4.69, 9.17) is 21.1 Å². The lowest BCUT2D eigenvalue weighted by Crippen LogP contribution is -2.35. The third-order valence-electron chi connectivity index (χ3n) is 3.03. The van der Waals surface area contributed by atoms with Crippen LogP contribution in [0.2, 0.25) is 5.02 Å². The van der Waals surface area contributed by atoms with Crippen LogP contribution in [0.1, 0.15) is 10.4 Å². The molecule has 0 aliphatic carbocycles. The van der Waals surface area contributed by atoms with Crippen LogP contribution < -0.4 is 0 Å². The van der Waals surface area contributed by atoms with Crippen LogP contribution in [-0.2, 0) is 9.47 Å². The van der Waals surface area contributed by atoms with E-state index < -0.39 is 6.10 Å². The minimum absolute atomic E-state index is 0.0888. The summed E-state index contributed by atoms with van der Waals surface area (Å²) in [5.41, 5.74) is 1.41. The van der Waals surface area contributed by atoms with E-state index in [1.54, 1.807) is 12.3 Å². The molecule has 3 rings (SSSR count). The molecule has 1 aliphatic rings. The van der Waals surface area contributed by atoms with Crippen molar-refractivity contribution < 1.29 is 14.3 Å². The fourth-order valence-corrected chi connectivity index (χ4v) is 2.42. The number of halogens is 1. The van der Waals surface area contributed by atoms with Gasteiger partial charge in [-0.3, -0.25) is 4.79 Å². The second kappa shape index (κ2) is 4.72. The van der Waals surface area contributed by atoms with Crippen molar-refractivity contribution in [3.63, 3.8) is 0 Å². The average Bonchev–Trinajstić information content (AvgIpc) is 2.84. The molecule has 1 fully saturated rings. The number of carbonyl (C=O) groups excluding carboxylic acids is 1. The summed E-state index contributed by atoms with van der Waals surface area (Å²) < 4.78 is 10.7. The van der Waals surface area contributed by atoms with Crippen LogP contribution in [0.3, 0.4) is 0 Å². The Hall–Kier alpha value is -1.36. The van der Waals surface area contributed by atoms with E-state index in [0.717, 1.165) is 10.9 Å². The molecule has 0 spiro atoms. The van der Waals surface area contributed by atoms with Crippen LogP contribution in [0, 0.1) is 0 Å². The number of aromatic amines is 1. The van der Waals surface area contributed by atoms with Gasteiger partial charge in [-0.1, -0.05) is 17.7 Å². The summed E-state index contributed by atoms with van der Waals surface area (Å²) in [5, 5.41) is 1.31. The zero-order chi connectivity index (χ0) is 12.5. The lowest BCUT2D eigenvalue weighted by molar-refractivity contribution is -0.0718. The number of carbonyl (C=O) groups is 1. The molecule has 18 heavy (non-hydrogen) atoms. The van der Waals surface area contributed by atoms with Crippen LogP contribution in [0.5, 0.6) is 0 Å². The highest BCUT2D eigenvalue weighted by molar-refractivity contribution is 6.37. The van der Waals surface area contributed by atoms with Crippen molar-refractivity contribution >= 4 is 28.3 Å². The molecule has 4 nitrogen and oxygen atoms in total. The Bertz CT molecular complexity index is 587. The molecular formula is C13H12ClNO3. The topological polar surface area (TPSA) is 51.3 Å². The van der Waals surface area contributed by atoms with Crippen LogP contribution in [0.25, 0.3) is 10.9 Å². The SMILES string of the molecule is O=C(c1c[nH]c2cccc(Cl)c12)C1COCCO1. The lowest BCUT2D eigenvalue weighted by Gasteiger charge is -2.21. The highest BCUT2D eigenvalue weighted by Gasteiger charge is 2.26. The smallest absolute Gasteiger partial charge is 0.196 e. The highest BCUT2D eigenvalue weighted by atomic mass is 35.5. The Labute approximate surface area is 109 Å². The van der Waals surface area contributed by atoms with E-state index >= 15 is 0 Å². The zero-order valence-electron chi connectivity index (χ0n) is 9.61. The van der Waals surface area contributed by atoms with Gasteiger partial charge in [-0.05, 0) is 12.1 Å². The Morgan fingerprint density at radius 1 is 1.39 bits per heavy atom. The van der Waals surface area contributed by atoms with Gasteiger partial charge in [0.2, 0.25) is 0 Å². The highest BCUT2D eigenvalue weighted by Crippen LogP contribution is 2.28. The Morgan fingerprint density at radius 3 is 3.06 bits per heavy atom. The first kappa shape index (κ1) is 11.7. The maximum absolute atomic E-state index is 12.3. The minimum Gasteiger partial charge on any atom is -0.376 e. The van der Waals surface area contributed by atoms with E-state index in [0.29, 0.717) is 30.4 Å². The zero-order valence-corrected chi connectivity index (χ0v) is 10.4. The Kier molecular flexibility index (Phi) is 3.07. The van der Waals surface area contributed by atoms with Gasteiger partial charge in [0, 0.05) is 22.7 Å². The summed E-state index contributed by atoms with van der Waals surface area (Å²) in [4.78, 5) is 15.4. The number of hydrogen-bond donors (Lipinski definition) is 1. The van der Waals surface area contributed by atoms with Gasteiger partial charge in [-0.25, -0.2) is 0 Å². The van der Waals surface area contributed by atoms with Gasteiger partial charge in [-0.15, -0.1) is 0 Å². The molecule has 0 radical (unpaired) electrons. The molecule has 0 saturated carbocycles. The Morgan fingerprint density at radius 2 is 2.28 bits per heavy atom. The maximum Gasteiger partial charge on any atom is 0.196 e. The molecule has 94 valence electrons. The number of benzene rings is 1. The number of rotatable bonds is 2. The first-order valence-corrected chi connectivity index (χ1v) is 6.14. The average molecular weight is 266 g/mol. The Balaban J connectivity index is 2.01.